The van der Waals surface area contributed by atoms with Gasteiger partial charge < -0.3 is 19.1 Å². The molecule has 4 heterocycles. The Morgan fingerprint density at radius 2 is 2.00 bits per heavy atom. The fourth-order valence-electron chi connectivity index (χ4n) is 5.46. The number of carbonyl (C=O) groups excluding carboxylic acids is 2. The summed E-state index contributed by atoms with van der Waals surface area (Å²) in [5.74, 6) is -0.128. The van der Waals surface area contributed by atoms with Crippen LogP contribution in [0.4, 0.5) is 0 Å². The summed E-state index contributed by atoms with van der Waals surface area (Å²) in [6, 6.07) is 5.17. The van der Waals surface area contributed by atoms with Gasteiger partial charge in [-0.25, -0.2) is 0 Å². The molecule has 4 unspecified atom stereocenters. The zero-order valence-electron chi connectivity index (χ0n) is 18.6. The molecule has 8 heteroatoms. The molecule has 172 valence electrons. The number of ether oxygens (including phenoxy) is 3. The zero-order valence-corrected chi connectivity index (χ0v) is 18.6. The Balaban J connectivity index is 1.39. The zero-order chi connectivity index (χ0) is 22.1. The minimum Gasteiger partial charge on any atom is -0.483 e. The number of amides is 1. The SMILES string of the molecule is COC1CCC2C(=O)C3=C(OC2C1)C(=O)N(CCCN1CCOCC1)C3c1ccccn1. The largest absolute Gasteiger partial charge is 0.483 e. The molecular weight excluding hydrogens is 410 g/mol. The van der Waals surface area contributed by atoms with Crippen molar-refractivity contribution in [3.63, 3.8) is 0 Å². The monoisotopic (exact) mass is 441 g/mol. The van der Waals surface area contributed by atoms with Gasteiger partial charge in [-0.15, -0.1) is 0 Å². The fourth-order valence-corrected chi connectivity index (χ4v) is 5.46. The van der Waals surface area contributed by atoms with Crippen LogP contribution in [0.1, 0.15) is 37.4 Å². The third-order valence-electron chi connectivity index (χ3n) is 7.18. The highest BCUT2D eigenvalue weighted by Crippen LogP contribution is 2.46. The van der Waals surface area contributed by atoms with E-state index < -0.39 is 6.04 Å². The molecule has 0 bridgehead atoms. The van der Waals surface area contributed by atoms with E-state index in [4.69, 9.17) is 14.2 Å². The van der Waals surface area contributed by atoms with Crippen LogP contribution in [0.2, 0.25) is 0 Å². The van der Waals surface area contributed by atoms with Crippen molar-refractivity contribution in [3.05, 3.63) is 41.4 Å². The lowest BCUT2D eigenvalue weighted by molar-refractivity contribution is -0.138. The summed E-state index contributed by atoms with van der Waals surface area (Å²) in [4.78, 5) is 35.8. The molecule has 5 rings (SSSR count). The predicted molar refractivity (Wildman–Crippen MR) is 116 cm³/mol. The lowest BCUT2D eigenvalue weighted by Gasteiger charge is -2.38. The molecule has 1 aromatic heterocycles. The Morgan fingerprint density at radius 1 is 1.16 bits per heavy atom. The molecule has 1 aliphatic carbocycles. The van der Waals surface area contributed by atoms with Gasteiger partial charge >= 0.3 is 0 Å². The van der Waals surface area contributed by atoms with E-state index in [1.54, 1.807) is 18.2 Å². The molecule has 1 amide bonds. The first kappa shape index (κ1) is 21.6. The van der Waals surface area contributed by atoms with Crippen molar-refractivity contribution in [2.45, 2.75) is 43.9 Å². The van der Waals surface area contributed by atoms with Crippen LogP contribution < -0.4 is 0 Å². The Labute approximate surface area is 188 Å². The molecule has 2 fully saturated rings. The van der Waals surface area contributed by atoms with E-state index in [-0.39, 0.29) is 35.6 Å². The van der Waals surface area contributed by atoms with Gasteiger partial charge in [0.25, 0.3) is 5.91 Å². The number of rotatable bonds is 6. The average molecular weight is 442 g/mol. The van der Waals surface area contributed by atoms with Crippen molar-refractivity contribution in [2.24, 2.45) is 5.92 Å². The maximum atomic E-state index is 13.6. The van der Waals surface area contributed by atoms with Gasteiger partial charge in [0.2, 0.25) is 0 Å². The molecule has 4 atom stereocenters. The van der Waals surface area contributed by atoms with Crippen LogP contribution in [-0.2, 0) is 23.8 Å². The average Bonchev–Trinajstić information content (AvgIpc) is 3.12. The molecular formula is C24H31N3O5. The van der Waals surface area contributed by atoms with Crippen molar-refractivity contribution in [1.82, 2.24) is 14.8 Å². The molecule has 0 radical (unpaired) electrons. The second-order valence-electron chi connectivity index (χ2n) is 9.00. The molecule has 4 aliphatic rings. The lowest BCUT2D eigenvalue weighted by Crippen LogP contribution is -2.43. The topological polar surface area (TPSA) is 81.2 Å². The van der Waals surface area contributed by atoms with Crippen molar-refractivity contribution < 1.29 is 23.8 Å². The minimum absolute atomic E-state index is 0.0467. The molecule has 0 aromatic carbocycles. The van der Waals surface area contributed by atoms with Crippen molar-refractivity contribution >= 4 is 11.7 Å². The van der Waals surface area contributed by atoms with Gasteiger partial charge in [-0.2, -0.15) is 0 Å². The maximum Gasteiger partial charge on any atom is 0.290 e. The Morgan fingerprint density at radius 3 is 2.75 bits per heavy atom. The predicted octanol–water partition coefficient (Wildman–Crippen LogP) is 1.72. The smallest absolute Gasteiger partial charge is 0.290 e. The van der Waals surface area contributed by atoms with Gasteiger partial charge in [-0.1, -0.05) is 6.07 Å². The summed E-state index contributed by atoms with van der Waals surface area (Å²) < 4.78 is 17.2. The first-order chi connectivity index (χ1) is 15.7. The highest BCUT2D eigenvalue weighted by molar-refractivity contribution is 6.11. The van der Waals surface area contributed by atoms with E-state index in [0.717, 1.165) is 57.8 Å². The van der Waals surface area contributed by atoms with E-state index >= 15 is 0 Å². The Kier molecular flexibility index (Phi) is 6.26. The van der Waals surface area contributed by atoms with Gasteiger partial charge in [0.1, 0.15) is 12.1 Å². The van der Waals surface area contributed by atoms with Crippen LogP contribution in [0, 0.1) is 5.92 Å². The molecule has 1 saturated carbocycles. The number of hydrogen-bond acceptors (Lipinski definition) is 7. The van der Waals surface area contributed by atoms with Crippen LogP contribution in [-0.4, -0.2) is 85.2 Å². The van der Waals surface area contributed by atoms with Crippen LogP contribution >= 0.6 is 0 Å². The number of morpholine rings is 1. The van der Waals surface area contributed by atoms with Gasteiger partial charge in [0, 0.05) is 45.9 Å². The van der Waals surface area contributed by atoms with E-state index in [1.807, 2.05) is 18.2 Å². The fraction of sp³-hybridized carbons (Fsp3) is 0.625. The Bertz CT molecular complexity index is 883. The summed E-state index contributed by atoms with van der Waals surface area (Å²) in [6.07, 6.45) is 4.51. The summed E-state index contributed by atoms with van der Waals surface area (Å²) >= 11 is 0. The first-order valence-corrected chi connectivity index (χ1v) is 11.7. The molecule has 0 spiro atoms. The summed E-state index contributed by atoms with van der Waals surface area (Å²) in [6.45, 7) is 4.78. The summed E-state index contributed by atoms with van der Waals surface area (Å²) in [5, 5.41) is 0. The number of hydrogen-bond donors (Lipinski definition) is 0. The number of Topliss-reactive ketones (excluding diaryl/α,β-unsaturated/α-hetero) is 1. The van der Waals surface area contributed by atoms with Crippen LogP contribution in [0.3, 0.4) is 0 Å². The molecule has 8 nitrogen and oxygen atoms in total. The number of pyridine rings is 1. The molecule has 0 N–H and O–H groups in total. The van der Waals surface area contributed by atoms with Crippen molar-refractivity contribution in [3.8, 4) is 0 Å². The number of carbonyl (C=O) groups is 2. The minimum atomic E-state index is -0.475. The van der Waals surface area contributed by atoms with Crippen LogP contribution in [0.15, 0.2) is 35.7 Å². The molecule has 1 aromatic rings. The van der Waals surface area contributed by atoms with Crippen LogP contribution in [0.5, 0.6) is 0 Å². The normalized spacial score (nSPS) is 30.8. The second-order valence-corrected chi connectivity index (χ2v) is 9.00. The third kappa shape index (κ3) is 3.95. The molecule has 32 heavy (non-hydrogen) atoms. The molecule has 3 aliphatic heterocycles. The number of fused-ring (bicyclic) bond motifs is 1. The standard InChI is InChI=1S/C24H31N3O5/c1-30-16-6-7-17-19(15-16)32-23-20(22(17)28)21(18-5-2-3-8-25-18)27(24(23)29)10-4-9-26-11-13-31-14-12-26/h2-3,5,8,16-17,19,21H,4,6-7,9-15H2,1H3. The number of nitrogens with zero attached hydrogens (tertiary/aromatic N) is 3. The van der Waals surface area contributed by atoms with E-state index in [0.29, 0.717) is 18.5 Å². The van der Waals surface area contributed by atoms with Crippen molar-refractivity contribution in [2.75, 3.05) is 46.5 Å². The van der Waals surface area contributed by atoms with E-state index in [9.17, 15) is 9.59 Å². The highest BCUT2D eigenvalue weighted by Gasteiger charge is 2.53. The van der Waals surface area contributed by atoms with E-state index in [2.05, 4.69) is 9.88 Å². The van der Waals surface area contributed by atoms with E-state index in [1.165, 1.54) is 0 Å². The lowest BCUT2D eigenvalue weighted by atomic mass is 9.77. The molecule has 1 saturated heterocycles. The number of aromatic nitrogens is 1. The maximum absolute atomic E-state index is 13.6. The van der Waals surface area contributed by atoms with Gasteiger partial charge in [-0.05, 0) is 31.4 Å². The summed E-state index contributed by atoms with van der Waals surface area (Å²) in [5.41, 5.74) is 1.22. The van der Waals surface area contributed by atoms with Gasteiger partial charge in [0.05, 0.1) is 36.5 Å². The third-order valence-corrected chi connectivity index (χ3v) is 7.18. The number of methoxy groups -OCH3 is 1. The van der Waals surface area contributed by atoms with Crippen molar-refractivity contribution in [1.29, 1.82) is 0 Å². The quantitative estimate of drug-likeness (QED) is 0.665. The van der Waals surface area contributed by atoms with Crippen LogP contribution in [0.25, 0.3) is 0 Å². The Hall–Kier alpha value is -2.29. The van der Waals surface area contributed by atoms with Gasteiger partial charge in [-0.3, -0.25) is 19.5 Å². The summed E-state index contributed by atoms with van der Waals surface area (Å²) in [7, 11) is 1.69. The second kappa shape index (κ2) is 9.29. The first-order valence-electron chi connectivity index (χ1n) is 11.7. The van der Waals surface area contributed by atoms with Gasteiger partial charge in [0.15, 0.2) is 11.5 Å². The number of ketones is 1. The highest BCUT2D eigenvalue weighted by atomic mass is 16.5.